The van der Waals surface area contributed by atoms with Gasteiger partial charge in [0.05, 0.1) is 20.5 Å². The number of nitro benzene ring substituents is 1. The van der Waals surface area contributed by atoms with Crippen LogP contribution in [0.5, 0.6) is 0 Å². The Morgan fingerprint density at radius 1 is 1.13 bits per heavy atom. The molecule has 1 heterocycles. The quantitative estimate of drug-likeness (QED) is 0.399. The van der Waals surface area contributed by atoms with Crippen molar-refractivity contribution in [2.45, 2.75) is 24.9 Å². The van der Waals surface area contributed by atoms with Crippen molar-refractivity contribution >= 4 is 44.7 Å². The molecule has 2 rings (SSSR count). The van der Waals surface area contributed by atoms with Gasteiger partial charge in [0.2, 0.25) is 10.0 Å². The van der Waals surface area contributed by atoms with Crippen LogP contribution < -0.4 is 10.0 Å². The van der Waals surface area contributed by atoms with Crippen LogP contribution in [-0.2, 0) is 16.2 Å². The maximum absolute atomic E-state index is 12.7. The molecule has 8 nitrogen and oxygen atoms in total. The second-order valence-electron chi connectivity index (χ2n) is 7.27. The molecule has 2 aromatic rings. The number of halogens is 5. The highest BCUT2D eigenvalue weighted by atomic mass is 35.5. The van der Waals surface area contributed by atoms with Crippen molar-refractivity contribution in [1.82, 2.24) is 9.71 Å². The molecule has 0 saturated carbocycles. The maximum Gasteiger partial charge on any atom is 0.417 e. The third kappa shape index (κ3) is 6.66. The molecule has 0 saturated heterocycles. The summed E-state index contributed by atoms with van der Waals surface area (Å²) in [6.45, 7) is 3.32. The van der Waals surface area contributed by atoms with E-state index in [1.54, 1.807) is 13.8 Å². The number of hydrogen-bond donors (Lipinski definition) is 2. The molecule has 0 bridgehead atoms. The van der Waals surface area contributed by atoms with Crippen molar-refractivity contribution < 1.29 is 26.5 Å². The number of nitrogens with zero attached hydrogens (tertiary/aromatic N) is 2. The highest BCUT2D eigenvalue weighted by Crippen LogP contribution is 2.33. The van der Waals surface area contributed by atoms with Gasteiger partial charge in [0.1, 0.15) is 10.7 Å². The first-order chi connectivity index (χ1) is 14.1. The van der Waals surface area contributed by atoms with E-state index in [2.05, 4.69) is 15.0 Å². The highest BCUT2D eigenvalue weighted by Gasteiger charge is 2.32. The molecule has 0 fully saturated rings. The van der Waals surface area contributed by atoms with E-state index >= 15 is 0 Å². The van der Waals surface area contributed by atoms with Crippen LogP contribution in [0.4, 0.5) is 24.7 Å². The lowest BCUT2D eigenvalue weighted by Gasteiger charge is -2.26. The molecule has 0 spiro atoms. The maximum atomic E-state index is 12.7. The zero-order valence-corrected chi connectivity index (χ0v) is 18.5. The van der Waals surface area contributed by atoms with E-state index in [1.807, 2.05) is 0 Å². The van der Waals surface area contributed by atoms with Crippen LogP contribution in [0.15, 0.2) is 35.4 Å². The summed E-state index contributed by atoms with van der Waals surface area (Å²) < 4.78 is 65.5. The molecule has 14 heteroatoms. The summed E-state index contributed by atoms with van der Waals surface area (Å²) in [5, 5.41) is 13.2. The SMILES string of the molecule is CC(C)(CNc1ncc(C(F)(F)F)cc1Cl)CNS(=O)(=O)c1cc([N+](=O)[O-])ccc1Cl. The smallest absolute Gasteiger partial charge is 0.368 e. The first kappa shape index (κ1) is 25.1. The fraction of sp³-hybridized carbons (Fsp3) is 0.353. The van der Waals surface area contributed by atoms with E-state index in [1.165, 1.54) is 0 Å². The van der Waals surface area contributed by atoms with Crippen LogP contribution >= 0.6 is 23.2 Å². The van der Waals surface area contributed by atoms with Crippen molar-refractivity contribution in [1.29, 1.82) is 0 Å². The molecule has 0 aliphatic heterocycles. The number of benzene rings is 1. The van der Waals surface area contributed by atoms with E-state index in [0.717, 1.165) is 24.3 Å². The van der Waals surface area contributed by atoms with Crippen LogP contribution in [0.25, 0.3) is 0 Å². The molecular weight excluding hydrogens is 484 g/mol. The Bertz CT molecular complexity index is 1100. The lowest BCUT2D eigenvalue weighted by atomic mass is 9.94. The second-order valence-corrected chi connectivity index (χ2v) is 9.82. The minimum atomic E-state index is -4.58. The van der Waals surface area contributed by atoms with E-state index < -0.39 is 42.7 Å². The number of nitro groups is 1. The van der Waals surface area contributed by atoms with E-state index in [9.17, 15) is 31.7 Å². The summed E-state index contributed by atoms with van der Waals surface area (Å²) >= 11 is 11.7. The van der Waals surface area contributed by atoms with Gasteiger partial charge in [-0.15, -0.1) is 0 Å². The first-order valence-corrected chi connectivity index (χ1v) is 10.8. The topological polar surface area (TPSA) is 114 Å². The number of sulfonamides is 1. The normalized spacial score (nSPS) is 12.6. The molecule has 1 aromatic heterocycles. The fourth-order valence-corrected chi connectivity index (χ4v) is 4.28. The van der Waals surface area contributed by atoms with E-state index in [-0.39, 0.29) is 29.0 Å². The fourth-order valence-electron chi connectivity index (χ4n) is 2.29. The van der Waals surface area contributed by atoms with Gasteiger partial charge in [-0.05, 0) is 17.5 Å². The second kappa shape index (κ2) is 9.15. The Morgan fingerprint density at radius 3 is 2.32 bits per heavy atom. The lowest BCUT2D eigenvalue weighted by molar-refractivity contribution is -0.385. The molecule has 0 atom stereocenters. The lowest BCUT2D eigenvalue weighted by Crippen LogP contribution is -2.38. The van der Waals surface area contributed by atoms with Crippen LogP contribution in [0.1, 0.15) is 19.4 Å². The Kier molecular flexibility index (Phi) is 7.41. The molecule has 2 N–H and O–H groups in total. The number of hydrogen-bond acceptors (Lipinski definition) is 6. The standard InChI is InChI=1S/C17H17Cl2F3N4O4S/c1-16(2,8-24-15-13(19)5-10(7-23-15)17(20,21)22)9-25-31(29,30)14-6-11(26(27)28)3-4-12(14)18/h3-7,25H,8-9H2,1-2H3,(H,23,24). The van der Waals surface area contributed by atoms with Gasteiger partial charge in [-0.3, -0.25) is 10.1 Å². The predicted octanol–water partition coefficient (Wildman–Crippen LogP) is 4.73. The molecule has 170 valence electrons. The van der Waals surface area contributed by atoms with Gasteiger partial charge in [-0.25, -0.2) is 18.1 Å². The Labute approximate surface area is 186 Å². The summed E-state index contributed by atoms with van der Waals surface area (Å²) in [6.07, 6.45) is -3.95. The number of non-ortho nitro benzene ring substituents is 1. The molecule has 31 heavy (non-hydrogen) atoms. The average Bonchev–Trinajstić information content (AvgIpc) is 2.65. The summed E-state index contributed by atoms with van der Waals surface area (Å²) in [4.78, 5) is 13.4. The van der Waals surface area contributed by atoms with Gasteiger partial charge in [-0.1, -0.05) is 37.0 Å². The largest absolute Gasteiger partial charge is 0.417 e. The molecule has 0 radical (unpaired) electrons. The van der Waals surface area contributed by atoms with Gasteiger partial charge < -0.3 is 5.32 Å². The number of nitrogens with one attached hydrogen (secondary N) is 2. The van der Waals surface area contributed by atoms with Crippen molar-refractivity contribution in [3.63, 3.8) is 0 Å². The monoisotopic (exact) mass is 500 g/mol. The molecule has 1 aromatic carbocycles. The van der Waals surface area contributed by atoms with Crippen molar-refractivity contribution in [3.05, 3.63) is 56.2 Å². The number of anilines is 1. The number of alkyl halides is 3. The van der Waals surface area contributed by atoms with Gasteiger partial charge in [0.15, 0.2) is 0 Å². The number of rotatable bonds is 8. The van der Waals surface area contributed by atoms with Crippen LogP contribution in [0.2, 0.25) is 10.0 Å². The molecule has 0 aliphatic carbocycles. The third-order valence-electron chi connectivity index (χ3n) is 4.06. The van der Waals surface area contributed by atoms with Crippen LogP contribution in [0.3, 0.4) is 0 Å². The minimum absolute atomic E-state index is 0.00678. The van der Waals surface area contributed by atoms with E-state index in [0.29, 0.717) is 6.20 Å². The van der Waals surface area contributed by atoms with Crippen molar-refractivity contribution in [2.24, 2.45) is 5.41 Å². The van der Waals surface area contributed by atoms with Crippen LogP contribution in [-0.4, -0.2) is 31.4 Å². The van der Waals surface area contributed by atoms with Crippen LogP contribution in [0, 0.1) is 15.5 Å². The third-order valence-corrected chi connectivity index (χ3v) is 6.23. The summed E-state index contributed by atoms with van der Waals surface area (Å²) in [5.41, 5.74) is -2.19. The molecule has 0 aliphatic rings. The Hall–Kier alpha value is -2.15. The summed E-state index contributed by atoms with van der Waals surface area (Å²) in [5.74, 6) is 0.00678. The number of pyridine rings is 1. The molecular formula is C17H17Cl2F3N4O4S. The number of aromatic nitrogens is 1. The summed E-state index contributed by atoms with van der Waals surface area (Å²) in [6, 6.07) is 3.77. The van der Waals surface area contributed by atoms with Gasteiger partial charge >= 0.3 is 6.18 Å². The molecule has 0 amide bonds. The van der Waals surface area contributed by atoms with E-state index in [4.69, 9.17) is 23.2 Å². The first-order valence-electron chi connectivity index (χ1n) is 8.53. The van der Waals surface area contributed by atoms with Gasteiger partial charge in [0.25, 0.3) is 5.69 Å². The summed E-state index contributed by atoms with van der Waals surface area (Å²) in [7, 11) is -4.17. The van der Waals surface area contributed by atoms with Gasteiger partial charge in [-0.2, -0.15) is 13.2 Å². The molecule has 0 unspecified atom stereocenters. The highest BCUT2D eigenvalue weighted by molar-refractivity contribution is 7.89. The Morgan fingerprint density at radius 2 is 1.77 bits per heavy atom. The van der Waals surface area contributed by atoms with Crippen molar-refractivity contribution in [2.75, 3.05) is 18.4 Å². The zero-order chi connectivity index (χ0) is 23.6. The Balaban J connectivity index is 2.08. The zero-order valence-electron chi connectivity index (χ0n) is 16.1. The minimum Gasteiger partial charge on any atom is -0.368 e. The van der Waals surface area contributed by atoms with Crippen molar-refractivity contribution in [3.8, 4) is 0 Å². The average molecular weight is 501 g/mol. The predicted molar refractivity (Wildman–Crippen MR) is 110 cm³/mol. The van der Waals surface area contributed by atoms with Gasteiger partial charge in [0, 0.05) is 31.4 Å².